The maximum atomic E-state index is 12.9. The molecule has 2 aliphatic rings. The minimum Gasteiger partial charge on any atom is -0.489 e. The minimum atomic E-state index is -0.416. The number of benzene rings is 3. The molecule has 0 aliphatic carbocycles. The van der Waals surface area contributed by atoms with Gasteiger partial charge in [0.25, 0.3) is 11.8 Å². The molecule has 0 bridgehead atoms. The summed E-state index contributed by atoms with van der Waals surface area (Å²) in [6.07, 6.45) is 4.08. The largest absolute Gasteiger partial charge is 0.489 e. The number of fused-ring (bicyclic) bond motifs is 1. The Morgan fingerprint density at radius 2 is 1.74 bits per heavy atom. The van der Waals surface area contributed by atoms with Crippen LogP contribution in [0.3, 0.4) is 0 Å². The number of nitrogens with zero attached hydrogens (tertiary/aromatic N) is 1. The molecule has 3 aromatic carbocycles. The fraction of sp³-hybridized carbons (Fsp3) is 0.226. The molecule has 0 unspecified atom stereocenters. The van der Waals surface area contributed by atoms with Gasteiger partial charge < -0.3 is 14.2 Å². The number of unbranched alkanes of at least 4 members (excludes halogenated alkanes) is 2. The van der Waals surface area contributed by atoms with Gasteiger partial charge in [-0.2, -0.15) is 0 Å². The van der Waals surface area contributed by atoms with E-state index in [1.807, 2.05) is 48.5 Å². The SMILES string of the molecule is O=C(CCCCCN1C(=O)/C(=C/c2ccc3c(c2)OCO3)SC1=S)NNC(=O)c1ccc(OCc2ccccc2)cc1. The maximum absolute atomic E-state index is 12.9. The average molecular weight is 604 g/mol. The van der Waals surface area contributed by atoms with Gasteiger partial charge in [-0.1, -0.05) is 66.8 Å². The van der Waals surface area contributed by atoms with Gasteiger partial charge >= 0.3 is 0 Å². The molecular formula is C31H29N3O6S2. The third kappa shape index (κ3) is 7.68. The Hall–Kier alpha value is -4.35. The molecule has 216 valence electrons. The lowest BCUT2D eigenvalue weighted by molar-refractivity contribution is -0.123. The molecule has 5 rings (SSSR count). The molecule has 11 heteroatoms. The van der Waals surface area contributed by atoms with Crippen LogP contribution in [0.4, 0.5) is 0 Å². The van der Waals surface area contributed by atoms with Crippen LogP contribution in [0.2, 0.25) is 0 Å². The molecule has 42 heavy (non-hydrogen) atoms. The van der Waals surface area contributed by atoms with Gasteiger partial charge in [0.1, 0.15) is 16.7 Å². The quantitative estimate of drug-likeness (QED) is 0.133. The van der Waals surface area contributed by atoms with Crippen LogP contribution in [-0.2, 0) is 16.2 Å². The zero-order valence-corrected chi connectivity index (χ0v) is 24.3. The fourth-order valence-corrected chi connectivity index (χ4v) is 5.59. The molecule has 0 saturated carbocycles. The number of carbonyl (C=O) groups is 3. The Morgan fingerprint density at radius 3 is 2.55 bits per heavy atom. The van der Waals surface area contributed by atoms with E-state index in [2.05, 4.69) is 10.9 Å². The molecule has 1 saturated heterocycles. The van der Waals surface area contributed by atoms with E-state index in [-0.39, 0.29) is 25.0 Å². The highest BCUT2D eigenvalue weighted by molar-refractivity contribution is 8.26. The lowest BCUT2D eigenvalue weighted by Crippen LogP contribution is -2.41. The predicted octanol–water partition coefficient (Wildman–Crippen LogP) is 5.22. The molecule has 9 nitrogen and oxygen atoms in total. The first-order chi connectivity index (χ1) is 20.5. The molecule has 3 aromatic rings. The van der Waals surface area contributed by atoms with Crippen molar-refractivity contribution in [3.63, 3.8) is 0 Å². The van der Waals surface area contributed by atoms with Crippen LogP contribution in [-0.4, -0.2) is 40.3 Å². The molecule has 0 atom stereocenters. The van der Waals surface area contributed by atoms with Crippen LogP contribution in [0.15, 0.2) is 77.7 Å². The fourth-order valence-electron chi connectivity index (χ4n) is 4.28. The Balaban J connectivity index is 0.977. The number of hydrazine groups is 1. The maximum Gasteiger partial charge on any atom is 0.269 e. The Labute approximate surface area is 253 Å². The molecule has 2 N–H and O–H groups in total. The van der Waals surface area contributed by atoms with E-state index in [0.717, 1.165) is 17.5 Å². The summed E-state index contributed by atoms with van der Waals surface area (Å²) in [6, 6.07) is 22.0. The number of ether oxygens (including phenoxy) is 3. The van der Waals surface area contributed by atoms with E-state index in [9.17, 15) is 14.4 Å². The molecule has 0 aromatic heterocycles. The van der Waals surface area contributed by atoms with E-state index >= 15 is 0 Å². The van der Waals surface area contributed by atoms with Crippen molar-refractivity contribution in [2.45, 2.75) is 32.3 Å². The molecule has 0 radical (unpaired) electrons. The minimum absolute atomic E-state index is 0.126. The van der Waals surface area contributed by atoms with Gasteiger partial charge in [-0.3, -0.25) is 30.1 Å². The normalized spacial score (nSPS) is 14.8. The van der Waals surface area contributed by atoms with Crippen molar-refractivity contribution < 1.29 is 28.6 Å². The zero-order valence-electron chi connectivity index (χ0n) is 22.7. The second-order valence-electron chi connectivity index (χ2n) is 9.56. The lowest BCUT2D eigenvalue weighted by atomic mass is 10.1. The van der Waals surface area contributed by atoms with Gasteiger partial charge in [-0.25, -0.2) is 0 Å². The first-order valence-electron chi connectivity index (χ1n) is 13.5. The number of nitrogens with one attached hydrogen (secondary N) is 2. The smallest absolute Gasteiger partial charge is 0.269 e. The third-order valence-electron chi connectivity index (χ3n) is 6.53. The summed E-state index contributed by atoms with van der Waals surface area (Å²) in [4.78, 5) is 39.6. The van der Waals surface area contributed by atoms with Gasteiger partial charge in [0.05, 0.1) is 4.91 Å². The van der Waals surface area contributed by atoms with Gasteiger partial charge in [0, 0.05) is 18.5 Å². The van der Waals surface area contributed by atoms with Crippen molar-refractivity contribution in [2.24, 2.45) is 0 Å². The monoisotopic (exact) mass is 603 g/mol. The Morgan fingerprint density at radius 1 is 0.952 bits per heavy atom. The van der Waals surface area contributed by atoms with E-state index < -0.39 is 5.91 Å². The molecule has 0 spiro atoms. The van der Waals surface area contributed by atoms with Crippen molar-refractivity contribution in [3.05, 3.63) is 94.4 Å². The Kier molecular flexibility index (Phi) is 9.73. The van der Waals surface area contributed by atoms with Crippen LogP contribution >= 0.6 is 24.0 Å². The number of carbonyl (C=O) groups excluding carboxylic acids is 3. The Bertz CT molecular complexity index is 1490. The summed E-state index contributed by atoms with van der Waals surface area (Å²) in [5.74, 6) is 1.16. The van der Waals surface area contributed by atoms with Crippen LogP contribution < -0.4 is 25.1 Å². The number of rotatable bonds is 11. The summed E-state index contributed by atoms with van der Waals surface area (Å²) in [5, 5.41) is 0. The highest BCUT2D eigenvalue weighted by atomic mass is 32.2. The highest BCUT2D eigenvalue weighted by Gasteiger charge is 2.31. The van der Waals surface area contributed by atoms with Gasteiger partial charge in [0.15, 0.2) is 11.5 Å². The summed E-state index contributed by atoms with van der Waals surface area (Å²) < 4.78 is 17.0. The van der Waals surface area contributed by atoms with Crippen LogP contribution in [0.1, 0.15) is 47.2 Å². The number of hydrogen-bond donors (Lipinski definition) is 2. The topological polar surface area (TPSA) is 106 Å². The van der Waals surface area contributed by atoms with Crippen LogP contribution in [0, 0.1) is 0 Å². The van der Waals surface area contributed by atoms with E-state index in [1.165, 1.54) is 11.8 Å². The summed E-state index contributed by atoms with van der Waals surface area (Å²) in [7, 11) is 0. The molecule has 2 aliphatic heterocycles. The molecular weight excluding hydrogens is 574 g/mol. The standard InChI is InChI=1S/C31H29N3O6S2/c35-28(32-33-29(36)23-11-13-24(14-12-23)38-19-21-7-3-1-4-8-21)9-5-2-6-16-34-30(37)27(42-31(34)41)18-22-10-15-25-26(17-22)40-20-39-25/h1,3-4,7-8,10-15,17-18H,2,5-6,9,16,19-20H2,(H,32,35)(H,33,36)/b27-18-. The second-order valence-corrected chi connectivity index (χ2v) is 11.2. The first kappa shape index (κ1) is 29.2. The van der Waals surface area contributed by atoms with Crippen LogP contribution in [0.5, 0.6) is 17.2 Å². The summed E-state index contributed by atoms with van der Waals surface area (Å²) in [6.45, 7) is 1.10. The van der Waals surface area contributed by atoms with Gasteiger partial charge in [-0.15, -0.1) is 0 Å². The van der Waals surface area contributed by atoms with Crippen molar-refractivity contribution in [2.75, 3.05) is 13.3 Å². The number of amides is 3. The van der Waals surface area contributed by atoms with Gasteiger partial charge in [0.2, 0.25) is 12.7 Å². The van der Waals surface area contributed by atoms with Crippen molar-refractivity contribution in [1.29, 1.82) is 0 Å². The number of thiocarbonyl (C=S) groups is 1. The van der Waals surface area contributed by atoms with E-state index in [1.54, 1.807) is 35.2 Å². The molecule has 3 amide bonds. The predicted molar refractivity (Wildman–Crippen MR) is 164 cm³/mol. The van der Waals surface area contributed by atoms with E-state index in [0.29, 0.717) is 58.0 Å². The van der Waals surface area contributed by atoms with Crippen molar-refractivity contribution in [1.82, 2.24) is 15.8 Å². The van der Waals surface area contributed by atoms with Crippen molar-refractivity contribution >= 4 is 52.1 Å². The zero-order chi connectivity index (χ0) is 29.3. The average Bonchev–Trinajstić information content (AvgIpc) is 3.58. The lowest BCUT2D eigenvalue weighted by Gasteiger charge is -2.14. The first-order valence-corrected chi connectivity index (χ1v) is 14.7. The third-order valence-corrected chi connectivity index (χ3v) is 7.91. The number of thioether (sulfide) groups is 1. The van der Waals surface area contributed by atoms with Crippen molar-refractivity contribution in [3.8, 4) is 17.2 Å². The highest BCUT2D eigenvalue weighted by Crippen LogP contribution is 2.36. The second kappa shape index (κ2) is 14.0. The van der Waals surface area contributed by atoms with Crippen LogP contribution in [0.25, 0.3) is 6.08 Å². The summed E-state index contributed by atoms with van der Waals surface area (Å²) >= 11 is 6.69. The summed E-state index contributed by atoms with van der Waals surface area (Å²) in [5.41, 5.74) is 7.18. The molecule has 2 heterocycles. The molecule has 1 fully saturated rings. The van der Waals surface area contributed by atoms with E-state index in [4.69, 9.17) is 26.4 Å². The van der Waals surface area contributed by atoms with Gasteiger partial charge in [-0.05, 0) is 66.4 Å². The number of hydrogen-bond acceptors (Lipinski definition) is 8.